The number of carbonyl (C=O) groups is 2. The van der Waals surface area contributed by atoms with Crippen LogP contribution in [0.25, 0.3) is 10.9 Å². The van der Waals surface area contributed by atoms with Crippen LogP contribution >= 0.6 is 0 Å². The maximum atomic E-state index is 12.4. The lowest BCUT2D eigenvalue weighted by molar-refractivity contribution is -0.122. The number of ether oxygens (including phenoxy) is 2. The third-order valence-corrected chi connectivity index (χ3v) is 5.99. The van der Waals surface area contributed by atoms with E-state index in [1.54, 1.807) is 12.1 Å². The number of pyridine rings is 1. The highest BCUT2D eigenvalue weighted by atomic mass is 16.5. The van der Waals surface area contributed by atoms with Crippen molar-refractivity contribution in [2.24, 2.45) is 11.5 Å². The molecule has 0 aliphatic heterocycles. The number of rotatable bonds is 13. The number of hydrogen-bond donors (Lipinski definition) is 5. The summed E-state index contributed by atoms with van der Waals surface area (Å²) in [6.07, 6.45) is 1.16. The Morgan fingerprint density at radius 3 is 2.32 bits per heavy atom. The molecule has 0 bridgehead atoms. The molecule has 0 spiro atoms. The standard InChI is InChI=1S/C27H35N5O5/c1-5-17-16(13-31-24(15(4)33)27(29)35)9-8-10-20(17)32-25-18-11-22(36-6-2)23(37-7-3)12-21(18)30-14-19(25)26(28)34/h8-12,14-15,24,31,33H,5-7,13H2,1-4H3,(H2,28,34)(H2,29,35)(H,30,32). The van der Waals surface area contributed by atoms with E-state index >= 15 is 0 Å². The van der Waals surface area contributed by atoms with Gasteiger partial charge in [-0.05, 0) is 50.5 Å². The molecule has 2 atom stereocenters. The van der Waals surface area contributed by atoms with E-state index in [-0.39, 0.29) is 5.56 Å². The van der Waals surface area contributed by atoms with Crippen molar-refractivity contribution in [1.82, 2.24) is 10.3 Å². The monoisotopic (exact) mass is 509 g/mol. The molecular weight excluding hydrogens is 474 g/mol. The average molecular weight is 510 g/mol. The van der Waals surface area contributed by atoms with Crippen molar-refractivity contribution >= 4 is 34.1 Å². The number of nitrogens with one attached hydrogen (secondary N) is 2. The Balaban J connectivity index is 2.10. The van der Waals surface area contributed by atoms with Crippen LogP contribution in [0.3, 0.4) is 0 Å². The molecule has 37 heavy (non-hydrogen) atoms. The molecule has 198 valence electrons. The lowest BCUT2D eigenvalue weighted by Gasteiger charge is -2.21. The smallest absolute Gasteiger partial charge is 0.252 e. The number of hydrogen-bond acceptors (Lipinski definition) is 8. The van der Waals surface area contributed by atoms with Gasteiger partial charge in [0.25, 0.3) is 5.91 Å². The van der Waals surface area contributed by atoms with Gasteiger partial charge in [-0.25, -0.2) is 0 Å². The molecule has 3 aromatic rings. The van der Waals surface area contributed by atoms with E-state index < -0.39 is 24.0 Å². The van der Waals surface area contributed by atoms with Crippen LogP contribution in [0.2, 0.25) is 0 Å². The predicted octanol–water partition coefficient (Wildman–Crippen LogP) is 2.76. The van der Waals surface area contributed by atoms with Crippen LogP contribution in [0.5, 0.6) is 11.5 Å². The predicted molar refractivity (Wildman–Crippen MR) is 143 cm³/mol. The first-order valence-electron chi connectivity index (χ1n) is 12.3. The summed E-state index contributed by atoms with van der Waals surface area (Å²) in [4.78, 5) is 28.5. The summed E-state index contributed by atoms with van der Waals surface area (Å²) in [7, 11) is 0. The van der Waals surface area contributed by atoms with Crippen LogP contribution in [0.4, 0.5) is 11.4 Å². The van der Waals surface area contributed by atoms with Crippen LogP contribution in [0, 0.1) is 0 Å². The van der Waals surface area contributed by atoms with Crippen LogP contribution in [-0.4, -0.2) is 47.3 Å². The van der Waals surface area contributed by atoms with Crippen LogP contribution in [-0.2, 0) is 17.8 Å². The topological polar surface area (TPSA) is 162 Å². The summed E-state index contributed by atoms with van der Waals surface area (Å²) >= 11 is 0. The SMILES string of the molecule is CCOc1cc2ncc(C(N)=O)c(Nc3cccc(CNC(C(N)=O)C(C)O)c3CC)c2cc1OCC. The molecule has 0 aliphatic carbocycles. The molecule has 3 rings (SSSR count). The molecule has 1 heterocycles. The second kappa shape index (κ2) is 12.4. The van der Waals surface area contributed by atoms with Gasteiger partial charge in [0, 0.05) is 29.9 Å². The molecule has 10 heteroatoms. The van der Waals surface area contributed by atoms with Gasteiger partial charge in [-0.3, -0.25) is 19.9 Å². The van der Waals surface area contributed by atoms with Gasteiger partial charge in [-0.2, -0.15) is 0 Å². The number of aliphatic hydroxyl groups is 1. The fourth-order valence-electron chi connectivity index (χ4n) is 4.26. The van der Waals surface area contributed by atoms with Gasteiger partial charge in [0.15, 0.2) is 11.5 Å². The zero-order valence-corrected chi connectivity index (χ0v) is 21.6. The Labute approximate surface area is 216 Å². The number of nitrogens with two attached hydrogens (primary N) is 2. The van der Waals surface area contributed by atoms with E-state index in [0.717, 1.165) is 16.8 Å². The first-order valence-corrected chi connectivity index (χ1v) is 12.3. The molecular formula is C27H35N5O5. The zero-order valence-electron chi connectivity index (χ0n) is 21.6. The first-order chi connectivity index (χ1) is 17.7. The van der Waals surface area contributed by atoms with E-state index in [1.807, 2.05) is 39.0 Å². The van der Waals surface area contributed by atoms with Gasteiger partial charge < -0.3 is 31.4 Å². The minimum absolute atomic E-state index is 0.229. The normalized spacial score (nSPS) is 12.7. The van der Waals surface area contributed by atoms with E-state index in [2.05, 4.69) is 15.6 Å². The third-order valence-electron chi connectivity index (χ3n) is 5.99. The van der Waals surface area contributed by atoms with E-state index in [4.69, 9.17) is 20.9 Å². The van der Waals surface area contributed by atoms with E-state index in [0.29, 0.717) is 54.3 Å². The second-order valence-corrected chi connectivity index (χ2v) is 8.52. The van der Waals surface area contributed by atoms with Crippen molar-refractivity contribution in [3.63, 3.8) is 0 Å². The third kappa shape index (κ3) is 6.28. The highest BCUT2D eigenvalue weighted by molar-refractivity contribution is 6.08. The Morgan fingerprint density at radius 1 is 1.08 bits per heavy atom. The van der Waals surface area contributed by atoms with Gasteiger partial charge in [-0.15, -0.1) is 0 Å². The molecule has 7 N–H and O–H groups in total. The number of anilines is 2. The van der Waals surface area contributed by atoms with Gasteiger partial charge in [-0.1, -0.05) is 19.1 Å². The Hall–Kier alpha value is -3.89. The lowest BCUT2D eigenvalue weighted by Crippen LogP contribution is -2.48. The largest absolute Gasteiger partial charge is 0.490 e. The number of carbonyl (C=O) groups excluding carboxylic acids is 2. The van der Waals surface area contributed by atoms with Crippen molar-refractivity contribution in [3.8, 4) is 11.5 Å². The lowest BCUT2D eigenvalue weighted by atomic mass is 10.0. The van der Waals surface area contributed by atoms with Crippen LogP contribution in [0.15, 0.2) is 36.5 Å². The Morgan fingerprint density at radius 2 is 1.76 bits per heavy atom. The Bertz CT molecular complexity index is 1280. The van der Waals surface area contributed by atoms with E-state index in [1.165, 1.54) is 13.1 Å². The molecule has 0 saturated heterocycles. The maximum Gasteiger partial charge on any atom is 0.252 e. The number of amides is 2. The highest BCUT2D eigenvalue weighted by Crippen LogP contribution is 2.38. The number of benzene rings is 2. The second-order valence-electron chi connectivity index (χ2n) is 8.52. The molecule has 0 saturated carbocycles. The number of aliphatic hydroxyl groups excluding tert-OH is 1. The quantitative estimate of drug-likeness (QED) is 0.235. The highest BCUT2D eigenvalue weighted by Gasteiger charge is 2.22. The first kappa shape index (κ1) is 27.7. The minimum atomic E-state index is -0.939. The van der Waals surface area contributed by atoms with Crippen molar-refractivity contribution in [1.29, 1.82) is 0 Å². The number of aromatic nitrogens is 1. The van der Waals surface area contributed by atoms with Gasteiger partial charge in [0.05, 0.1) is 36.1 Å². The summed E-state index contributed by atoms with van der Waals surface area (Å²) in [6, 6.07) is 8.38. The van der Waals surface area contributed by atoms with E-state index in [9.17, 15) is 14.7 Å². The molecule has 0 fully saturated rings. The van der Waals surface area contributed by atoms with Gasteiger partial charge in [0.2, 0.25) is 5.91 Å². The summed E-state index contributed by atoms with van der Waals surface area (Å²) < 4.78 is 11.5. The minimum Gasteiger partial charge on any atom is -0.490 e. The van der Waals surface area contributed by atoms with Gasteiger partial charge >= 0.3 is 0 Å². The zero-order chi connectivity index (χ0) is 27.1. The van der Waals surface area contributed by atoms with Crippen molar-refractivity contribution in [2.45, 2.75) is 52.8 Å². The molecule has 0 aliphatic rings. The molecule has 10 nitrogen and oxygen atoms in total. The molecule has 2 unspecified atom stereocenters. The number of primary amides is 2. The fraction of sp³-hybridized carbons (Fsp3) is 0.370. The fourth-order valence-corrected chi connectivity index (χ4v) is 4.26. The molecule has 1 aromatic heterocycles. The summed E-state index contributed by atoms with van der Waals surface area (Å²) in [6.45, 7) is 8.48. The Kier molecular flexibility index (Phi) is 9.26. The summed E-state index contributed by atoms with van der Waals surface area (Å²) in [5.74, 6) is -0.159. The maximum absolute atomic E-state index is 12.4. The average Bonchev–Trinajstić information content (AvgIpc) is 2.84. The van der Waals surface area contributed by atoms with Crippen molar-refractivity contribution < 1.29 is 24.2 Å². The molecule has 0 radical (unpaired) electrons. The van der Waals surface area contributed by atoms with Gasteiger partial charge in [0.1, 0.15) is 6.04 Å². The summed E-state index contributed by atoms with van der Waals surface area (Å²) in [5.41, 5.74) is 15.1. The molecule has 2 aromatic carbocycles. The van der Waals surface area contributed by atoms with Crippen molar-refractivity contribution in [2.75, 3.05) is 18.5 Å². The van der Waals surface area contributed by atoms with Crippen molar-refractivity contribution in [3.05, 3.63) is 53.2 Å². The van der Waals surface area contributed by atoms with Crippen LogP contribution in [0.1, 0.15) is 49.2 Å². The number of nitrogens with zero attached hydrogens (tertiary/aromatic N) is 1. The number of fused-ring (bicyclic) bond motifs is 1. The molecule has 2 amide bonds. The van der Waals surface area contributed by atoms with Crippen LogP contribution < -0.4 is 31.6 Å². The summed E-state index contributed by atoms with van der Waals surface area (Å²) in [5, 5.41) is 17.0.